The summed E-state index contributed by atoms with van der Waals surface area (Å²) in [6.07, 6.45) is 4.90. The minimum Gasteiger partial charge on any atom is -0.490 e. The summed E-state index contributed by atoms with van der Waals surface area (Å²) < 4.78 is 13.0. The summed E-state index contributed by atoms with van der Waals surface area (Å²) in [5, 5.41) is 12.0. The van der Waals surface area contributed by atoms with E-state index in [1.807, 2.05) is 0 Å². The van der Waals surface area contributed by atoms with Crippen LogP contribution in [0, 0.1) is 10.1 Å². The fourth-order valence-electron chi connectivity index (χ4n) is 3.40. The third kappa shape index (κ3) is 3.19. The smallest absolute Gasteiger partial charge is 0.274 e. The Labute approximate surface area is 154 Å². The number of aromatic nitrogens is 2. The maximum absolute atomic E-state index is 12.3. The highest BCUT2D eigenvalue weighted by Gasteiger charge is 2.21. The van der Waals surface area contributed by atoms with Gasteiger partial charge in [-0.05, 0) is 12.1 Å². The number of fused-ring (bicyclic) bond motifs is 1. The number of rotatable bonds is 4. The standard InChI is InChI=1S/C19H19N3O5/c1-21-11-16(14-4-7-20-18(14)19(21)23)15-10-12(22(24)25)2-3-17(15)27-13-5-8-26-9-6-13/h2-4,7,10-11,13,20H,5-6,8-9H2,1H3. The average molecular weight is 369 g/mol. The number of benzene rings is 1. The number of aromatic amines is 1. The Bertz CT molecular complexity index is 1060. The van der Waals surface area contributed by atoms with E-state index in [2.05, 4.69) is 4.98 Å². The number of aryl methyl sites for hydroxylation is 1. The van der Waals surface area contributed by atoms with Gasteiger partial charge in [-0.1, -0.05) is 0 Å². The van der Waals surface area contributed by atoms with Gasteiger partial charge in [-0.2, -0.15) is 0 Å². The van der Waals surface area contributed by atoms with Crippen LogP contribution in [-0.4, -0.2) is 33.8 Å². The Kier molecular flexibility index (Phi) is 4.41. The van der Waals surface area contributed by atoms with Crippen LogP contribution in [0.25, 0.3) is 22.0 Å². The van der Waals surface area contributed by atoms with Gasteiger partial charge in [-0.25, -0.2) is 0 Å². The van der Waals surface area contributed by atoms with Gasteiger partial charge in [0.15, 0.2) is 0 Å². The first-order valence-electron chi connectivity index (χ1n) is 8.74. The van der Waals surface area contributed by atoms with Crippen molar-refractivity contribution in [2.24, 2.45) is 7.05 Å². The fourth-order valence-corrected chi connectivity index (χ4v) is 3.40. The SMILES string of the molecule is Cn1cc(-c2cc([N+](=O)[O-])ccc2OC2CCOCC2)c2cc[nH]c2c1=O. The van der Waals surface area contributed by atoms with Gasteiger partial charge in [-0.15, -0.1) is 0 Å². The van der Waals surface area contributed by atoms with Gasteiger partial charge in [0.1, 0.15) is 17.4 Å². The van der Waals surface area contributed by atoms with Gasteiger partial charge in [0.2, 0.25) is 0 Å². The molecule has 4 rings (SSSR count). The third-order valence-electron chi connectivity index (χ3n) is 4.82. The number of hydrogen-bond donors (Lipinski definition) is 1. The molecule has 3 heterocycles. The highest BCUT2D eigenvalue weighted by molar-refractivity contribution is 5.96. The molecule has 27 heavy (non-hydrogen) atoms. The second kappa shape index (κ2) is 6.88. The number of ether oxygens (including phenoxy) is 2. The zero-order valence-electron chi connectivity index (χ0n) is 14.8. The lowest BCUT2D eigenvalue weighted by Gasteiger charge is -2.24. The number of nitrogens with zero attached hydrogens (tertiary/aromatic N) is 2. The first-order chi connectivity index (χ1) is 13.0. The van der Waals surface area contributed by atoms with E-state index in [-0.39, 0.29) is 17.4 Å². The molecule has 1 fully saturated rings. The third-order valence-corrected chi connectivity index (χ3v) is 4.82. The molecule has 0 saturated carbocycles. The maximum Gasteiger partial charge on any atom is 0.274 e. The zero-order chi connectivity index (χ0) is 19.0. The fraction of sp³-hybridized carbons (Fsp3) is 0.316. The summed E-state index contributed by atoms with van der Waals surface area (Å²) in [5.74, 6) is 0.564. The predicted octanol–water partition coefficient (Wildman–Crippen LogP) is 3.00. The molecule has 1 N–H and O–H groups in total. The molecule has 0 spiro atoms. The molecule has 1 aromatic carbocycles. The number of non-ortho nitro benzene ring substituents is 1. The van der Waals surface area contributed by atoms with Crippen molar-refractivity contribution in [2.75, 3.05) is 13.2 Å². The summed E-state index contributed by atoms with van der Waals surface area (Å²) in [5.41, 5.74) is 1.58. The number of nitro groups is 1. The number of H-pyrrole nitrogens is 1. The largest absolute Gasteiger partial charge is 0.490 e. The minimum absolute atomic E-state index is 0.00629. The van der Waals surface area contributed by atoms with Crippen molar-refractivity contribution in [3.05, 3.63) is 57.1 Å². The van der Waals surface area contributed by atoms with Gasteiger partial charge in [0.25, 0.3) is 11.2 Å². The van der Waals surface area contributed by atoms with E-state index in [9.17, 15) is 14.9 Å². The van der Waals surface area contributed by atoms with Gasteiger partial charge in [0, 0.05) is 60.9 Å². The van der Waals surface area contributed by atoms with Crippen molar-refractivity contribution in [1.29, 1.82) is 0 Å². The Morgan fingerprint density at radius 2 is 2.04 bits per heavy atom. The summed E-state index contributed by atoms with van der Waals surface area (Å²) in [4.78, 5) is 26.2. The molecule has 0 unspecified atom stereocenters. The van der Waals surface area contributed by atoms with Crippen molar-refractivity contribution in [2.45, 2.75) is 18.9 Å². The van der Waals surface area contributed by atoms with Crippen molar-refractivity contribution < 1.29 is 14.4 Å². The molecule has 0 radical (unpaired) electrons. The van der Waals surface area contributed by atoms with Crippen LogP contribution >= 0.6 is 0 Å². The summed E-state index contributed by atoms with van der Waals surface area (Å²) >= 11 is 0. The van der Waals surface area contributed by atoms with E-state index in [4.69, 9.17) is 9.47 Å². The number of hydrogen-bond acceptors (Lipinski definition) is 5. The van der Waals surface area contributed by atoms with E-state index in [1.54, 1.807) is 31.6 Å². The molecule has 1 aliphatic heterocycles. The minimum atomic E-state index is -0.433. The lowest BCUT2D eigenvalue weighted by atomic mass is 10.0. The highest BCUT2D eigenvalue weighted by atomic mass is 16.6. The molecule has 140 valence electrons. The first-order valence-corrected chi connectivity index (χ1v) is 8.74. The molecule has 8 nitrogen and oxygen atoms in total. The van der Waals surface area contributed by atoms with Crippen molar-refractivity contribution >= 4 is 16.6 Å². The van der Waals surface area contributed by atoms with Crippen LogP contribution < -0.4 is 10.3 Å². The molecule has 1 aliphatic rings. The average Bonchev–Trinajstić information content (AvgIpc) is 3.16. The maximum atomic E-state index is 12.3. The topological polar surface area (TPSA) is 99.4 Å². The molecular formula is C19H19N3O5. The molecule has 3 aromatic rings. The summed E-state index contributed by atoms with van der Waals surface area (Å²) in [6.45, 7) is 1.27. The molecule has 0 amide bonds. The Morgan fingerprint density at radius 3 is 2.78 bits per heavy atom. The van der Waals surface area contributed by atoms with Crippen molar-refractivity contribution in [3.63, 3.8) is 0 Å². The second-order valence-corrected chi connectivity index (χ2v) is 6.59. The van der Waals surface area contributed by atoms with Crippen LogP contribution in [0.1, 0.15) is 12.8 Å². The highest BCUT2D eigenvalue weighted by Crippen LogP contribution is 2.37. The van der Waals surface area contributed by atoms with E-state index in [0.29, 0.717) is 41.0 Å². The van der Waals surface area contributed by atoms with Crippen LogP contribution in [0.5, 0.6) is 5.75 Å². The molecule has 1 saturated heterocycles. The van der Waals surface area contributed by atoms with E-state index in [0.717, 1.165) is 12.8 Å². The second-order valence-electron chi connectivity index (χ2n) is 6.59. The summed E-state index contributed by atoms with van der Waals surface area (Å²) in [7, 11) is 1.66. The van der Waals surface area contributed by atoms with Gasteiger partial charge >= 0.3 is 0 Å². The van der Waals surface area contributed by atoms with Crippen LogP contribution in [-0.2, 0) is 11.8 Å². The quantitative estimate of drug-likeness (QED) is 0.563. The Hall–Kier alpha value is -3.13. The van der Waals surface area contributed by atoms with Gasteiger partial charge in [0.05, 0.1) is 18.1 Å². The Morgan fingerprint density at radius 1 is 1.26 bits per heavy atom. The van der Waals surface area contributed by atoms with Crippen LogP contribution in [0.2, 0.25) is 0 Å². The normalized spacial score (nSPS) is 15.1. The first kappa shape index (κ1) is 17.3. The van der Waals surface area contributed by atoms with Crippen LogP contribution in [0.15, 0.2) is 41.5 Å². The predicted molar refractivity (Wildman–Crippen MR) is 100 cm³/mol. The van der Waals surface area contributed by atoms with Crippen molar-refractivity contribution in [1.82, 2.24) is 9.55 Å². The molecule has 0 bridgehead atoms. The van der Waals surface area contributed by atoms with Crippen molar-refractivity contribution in [3.8, 4) is 16.9 Å². The van der Waals surface area contributed by atoms with E-state index >= 15 is 0 Å². The van der Waals surface area contributed by atoms with Gasteiger partial charge < -0.3 is 19.0 Å². The van der Waals surface area contributed by atoms with Crippen LogP contribution in [0.4, 0.5) is 5.69 Å². The zero-order valence-corrected chi connectivity index (χ0v) is 14.8. The monoisotopic (exact) mass is 369 g/mol. The van der Waals surface area contributed by atoms with Crippen LogP contribution in [0.3, 0.4) is 0 Å². The number of nitro benzene ring substituents is 1. The molecule has 8 heteroatoms. The van der Waals surface area contributed by atoms with E-state index < -0.39 is 4.92 Å². The van der Waals surface area contributed by atoms with Gasteiger partial charge in [-0.3, -0.25) is 14.9 Å². The number of pyridine rings is 1. The molecule has 2 aromatic heterocycles. The summed E-state index contributed by atoms with van der Waals surface area (Å²) in [6, 6.07) is 6.37. The molecule has 0 atom stereocenters. The lowest BCUT2D eigenvalue weighted by molar-refractivity contribution is -0.384. The number of nitrogens with one attached hydrogen (secondary N) is 1. The lowest BCUT2D eigenvalue weighted by Crippen LogP contribution is -2.26. The molecular weight excluding hydrogens is 350 g/mol. The molecule has 0 aliphatic carbocycles. The van der Waals surface area contributed by atoms with E-state index in [1.165, 1.54) is 16.7 Å². The Balaban J connectivity index is 1.88.